The first kappa shape index (κ1) is 16.0. The van der Waals surface area contributed by atoms with Crippen LogP contribution in [0.4, 0.5) is 10.1 Å². The van der Waals surface area contributed by atoms with Crippen molar-refractivity contribution in [1.29, 1.82) is 0 Å². The second-order valence-electron chi connectivity index (χ2n) is 6.28. The fourth-order valence-corrected chi connectivity index (χ4v) is 2.12. The lowest BCUT2D eigenvalue weighted by atomic mass is 9.77. The molecular weight excluding hydrogens is 272 g/mol. The van der Waals surface area contributed by atoms with E-state index in [1.807, 2.05) is 27.7 Å². The maximum Gasteiger partial charge on any atom is 0.492 e. The molecule has 1 heterocycles. The first-order valence-electron chi connectivity index (χ1n) is 6.88. The highest BCUT2D eigenvalue weighted by Gasteiger charge is 2.52. The molecular formula is C15H21BFNO3. The predicted octanol–water partition coefficient (Wildman–Crippen LogP) is 2.42. The van der Waals surface area contributed by atoms with E-state index in [-0.39, 0.29) is 6.61 Å². The van der Waals surface area contributed by atoms with E-state index in [1.165, 1.54) is 12.1 Å². The normalized spacial score (nSPS) is 20.9. The van der Waals surface area contributed by atoms with Crippen molar-refractivity contribution in [2.45, 2.75) is 38.9 Å². The molecule has 114 valence electrons. The highest BCUT2D eigenvalue weighted by molar-refractivity contribution is 6.55. The molecule has 0 amide bonds. The standard InChI is InChI=1S/C15H21BFNO3/c1-14(2)15(3,4)21-16(20-14)11(9-19)5-10-6-12(17)8-13(18)7-10/h5-8,19H,9,18H2,1-4H3. The molecule has 1 aliphatic heterocycles. The minimum Gasteiger partial charge on any atom is -0.400 e. The second-order valence-corrected chi connectivity index (χ2v) is 6.28. The van der Waals surface area contributed by atoms with Gasteiger partial charge in [-0.05, 0) is 56.9 Å². The molecule has 1 aromatic carbocycles. The summed E-state index contributed by atoms with van der Waals surface area (Å²) in [6, 6.07) is 4.21. The Hall–Kier alpha value is -1.37. The SMILES string of the molecule is CC1(C)OB(C(=Cc2cc(N)cc(F)c2)CO)OC1(C)C. The van der Waals surface area contributed by atoms with Crippen molar-refractivity contribution < 1.29 is 18.8 Å². The molecule has 21 heavy (non-hydrogen) atoms. The molecule has 4 nitrogen and oxygen atoms in total. The smallest absolute Gasteiger partial charge is 0.400 e. The Labute approximate surface area is 124 Å². The average Bonchev–Trinajstić information content (AvgIpc) is 2.54. The summed E-state index contributed by atoms with van der Waals surface area (Å²) >= 11 is 0. The number of hydrogen-bond donors (Lipinski definition) is 2. The zero-order chi connectivity index (χ0) is 15.8. The molecule has 1 aromatic rings. The summed E-state index contributed by atoms with van der Waals surface area (Å²) in [5, 5.41) is 9.57. The Morgan fingerprint density at radius 1 is 1.24 bits per heavy atom. The molecule has 0 aromatic heterocycles. The van der Waals surface area contributed by atoms with Gasteiger partial charge in [-0.1, -0.05) is 6.08 Å². The largest absolute Gasteiger partial charge is 0.492 e. The Bertz CT molecular complexity index is 536. The number of aliphatic hydroxyl groups excluding tert-OH is 1. The van der Waals surface area contributed by atoms with Crippen LogP contribution in [0.1, 0.15) is 33.3 Å². The van der Waals surface area contributed by atoms with Crippen molar-refractivity contribution in [3.05, 3.63) is 35.1 Å². The molecule has 0 saturated carbocycles. The van der Waals surface area contributed by atoms with Crippen LogP contribution < -0.4 is 5.73 Å². The molecule has 0 aliphatic carbocycles. The molecule has 1 fully saturated rings. The van der Waals surface area contributed by atoms with Gasteiger partial charge in [0.2, 0.25) is 0 Å². The van der Waals surface area contributed by atoms with Crippen LogP contribution >= 0.6 is 0 Å². The summed E-state index contributed by atoms with van der Waals surface area (Å²) in [5.41, 5.74) is 6.05. The van der Waals surface area contributed by atoms with Gasteiger partial charge >= 0.3 is 7.12 Å². The Morgan fingerprint density at radius 2 is 1.81 bits per heavy atom. The van der Waals surface area contributed by atoms with Crippen LogP contribution in [0.25, 0.3) is 6.08 Å². The van der Waals surface area contributed by atoms with Crippen molar-refractivity contribution in [2.75, 3.05) is 12.3 Å². The number of benzene rings is 1. The van der Waals surface area contributed by atoms with Crippen molar-refractivity contribution in [2.24, 2.45) is 0 Å². The van der Waals surface area contributed by atoms with E-state index < -0.39 is 24.1 Å². The third-order valence-corrected chi connectivity index (χ3v) is 4.03. The van der Waals surface area contributed by atoms with Gasteiger partial charge in [0, 0.05) is 5.69 Å². The molecule has 6 heteroatoms. The number of rotatable bonds is 3. The average molecular weight is 293 g/mol. The summed E-state index contributed by atoms with van der Waals surface area (Å²) in [7, 11) is -0.663. The van der Waals surface area contributed by atoms with E-state index in [4.69, 9.17) is 15.0 Å². The topological polar surface area (TPSA) is 64.7 Å². The van der Waals surface area contributed by atoms with Crippen molar-refractivity contribution >= 4 is 18.9 Å². The maximum absolute atomic E-state index is 13.4. The maximum atomic E-state index is 13.4. The van der Waals surface area contributed by atoms with Gasteiger partial charge in [0.05, 0.1) is 17.8 Å². The number of hydrogen-bond acceptors (Lipinski definition) is 4. The lowest BCUT2D eigenvalue weighted by molar-refractivity contribution is 0.00578. The van der Waals surface area contributed by atoms with E-state index in [0.29, 0.717) is 16.7 Å². The number of nitrogens with two attached hydrogens (primary N) is 1. The van der Waals surface area contributed by atoms with Gasteiger partial charge in [0.25, 0.3) is 0 Å². The summed E-state index contributed by atoms with van der Waals surface area (Å²) < 4.78 is 25.1. The first-order chi connectivity index (χ1) is 9.64. The van der Waals surface area contributed by atoms with E-state index in [2.05, 4.69) is 0 Å². The van der Waals surface area contributed by atoms with Crippen LogP contribution in [0.3, 0.4) is 0 Å². The molecule has 0 atom stereocenters. The van der Waals surface area contributed by atoms with Crippen LogP contribution in [0.15, 0.2) is 23.7 Å². The van der Waals surface area contributed by atoms with Crippen molar-refractivity contribution in [3.8, 4) is 0 Å². The summed E-state index contributed by atoms with van der Waals surface area (Å²) in [6.45, 7) is 7.49. The predicted molar refractivity (Wildman–Crippen MR) is 82.0 cm³/mol. The summed E-state index contributed by atoms with van der Waals surface area (Å²) in [6.07, 6.45) is 1.64. The molecule has 3 N–H and O–H groups in total. The molecule has 0 radical (unpaired) electrons. The number of aliphatic hydroxyl groups is 1. The van der Waals surface area contributed by atoms with E-state index in [1.54, 1.807) is 12.1 Å². The summed E-state index contributed by atoms with van der Waals surface area (Å²) in [5.74, 6) is -0.424. The molecule has 0 bridgehead atoms. The van der Waals surface area contributed by atoms with Crippen molar-refractivity contribution in [3.63, 3.8) is 0 Å². The van der Waals surface area contributed by atoms with Gasteiger partial charge in [-0.2, -0.15) is 0 Å². The quantitative estimate of drug-likeness (QED) is 0.663. The van der Waals surface area contributed by atoms with E-state index in [0.717, 1.165) is 0 Å². The van der Waals surface area contributed by atoms with E-state index >= 15 is 0 Å². The van der Waals surface area contributed by atoms with Crippen LogP contribution in [-0.2, 0) is 9.31 Å². The van der Waals surface area contributed by atoms with Crippen LogP contribution in [-0.4, -0.2) is 30.0 Å². The third kappa shape index (κ3) is 3.28. The van der Waals surface area contributed by atoms with Gasteiger partial charge < -0.3 is 20.1 Å². The second kappa shape index (κ2) is 5.44. The first-order valence-corrected chi connectivity index (χ1v) is 6.88. The monoisotopic (exact) mass is 293 g/mol. The number of nitrogen functional groups attached to an aromatic ring is 1. The highest BCUT2D eigenvalue weighted by atomic mass is 19.1. The van der Waals surface area contributed by atoms with Gasteiger partial charge in [-0.3, -0.25) is 0 Å². The lowest BCUT2D eigenvalue weighted by Gasteiger charge is -2.32. The van der Waals surface area contributed by atoms with Crippen LogP contribution in [0, 0.1) is 5.82 Å². The fourth-order valence-electron chi connectivity index (χ4n) is 2.12. The molecule has 1 aliphatic rings. The lowest BCUT2D eigenvalue weighted by Crippen LogP contribution is -2.41. The van der Waals surface area contributed by atoms with Gasteiger partial charge in [-0.25, -0.2) is 4.39 Å². The third-order valence-electron chi connectivity index (χ3n) is 4.03. The minimum atomic E-state index is -0.663. The van der Waals surface area contributed by atoms with Gasteiger partial charge in [-0.15, -0.1) is 0 Å². The Kier molecular flexibility index (Phi) is 4.15. The Balaban J connectivity index is 2.30. The zero-order valence-electron chi connectivity index (χ0n) is 12.8. The van der Waals surface area contributed by atoms with Crippen LogP contribution in [0.2, 0.25) is 0 Å². The molecule has 0 unspecified atom stereocenters. The molecule has 2 rings (SSSR count). The van der Waals surface area contributed by atoms with Gasteiger partial charge in [0.1, 0.15) is 5.82 Å². The van der Waals surface area contributed by atoms with Crippen molar-refractivity contribution in [1.82, 2.24) is 0 Å². The number of anilines is 1. The molecule has 1 saturated heterocycles. The Morgan fingerprint density at radius 3 is 2.29 bits per heavy atom. The molecule has 0 spiro atoms. The fraction of sp³-hybridized carbons (Fsp3) is 0.467. The zero-order valence-corrected chi connectivity index (χ0v) is 12.8. The van der Waals surface area contributed by atoms with E-state index in [9.17, 15) is 9.50 Å². The number of halogens is 1. The van der Waals surface area contributed by atoms with Crippen LogP contribution in [0.5, 0.6) is 0 Å². The minimum absolute atomic E-state index is 0.243. The highest BCUT2D eigenvalue weighted by Crippen LogP contribution is 2.38. The van der Waals surface area contributed by atoms with Gasteiger partial charge in [0.15, 0.2) is 0 Å². The summed E-state index contributed by atoms with van der Waals surface area (Å²) in [4.78, 5) is 0.